The van der Waals surface area contributed by atoms with Crippen molar-refractivity contribution in [3.63, 3.8) is 0 Å². The van der Waals surface area contributed by atoms with Crippen LogP contribution in [-0.2, 0) is 6.42 Å². The lowest BCUT2D eigenvalue weighted by Gasteiger charge is -2.26. The van der Waals surface area contributed by atoms with E-state index in [9.17, 15) is 0 Å². The van der Waals surface area contributed by atoms with Crippen LogP contribution >= 0.6 is 0 Å². The van der Waals surface area contributed by atoms with Crippen LogP contribution in [0.4, 0.5) is 0 Å². The van der Waals surface area contributed by atoms with Crippen LogP contribution in [0.1, 0.15) is 43.6 Å². The SMILES string of the molecule is Cc1ccccc1C(CNC(C)(C)C)Cc1ccco1. The van der Waals surface area contributed by atoms with Gasteiger partial charge in [0.25, 0.3) is 0 Å². The van der Waals surface area contributed by atoms with Gasteiger partial charge in [-0.15, -0.1) is 0 Å². The van der Waals surface area contributed by atoms with Gasteiger partial charge in [-0.05, 0) is 51.0 Å². The zero-order valence-electron chi connectivity index (χ0n) is 12.9. The second-order valence-corrected chi connectivity index (χ2v) is 6.47. The molecule has 1 N–H and O–H groups in total. The summed E-state index contributed by atoms with van der Waals surface area (Å²) in [6.45, 7) is 9.75. The molecular weight excluding hydrogens is 246 g/mol. The lowest BCUT2D eigenvalue weighted by molar-refractivity contribution is 0.393. The van der Waals surface area contributed by atoms with Gasteiger partial charge in [0.2, 0.25) is 0 Å². The smallest absolute Gasteiger partial charge is 0.104 e. The summed E-state index contributed by atoms with van der Waals surface area (Å²) in [7, 11) is 0. The van der Waals surface area contributed by atoms with Crippen LogP contribution < -0.4 is 5.32 Å². The third kappa shape index (κ3) is 4.24. The molecule has 2 rings (SSSR count). The van der Waals surface area contributed by atoms with E-state index in [1.165, 1.54) is 11.1 Å². The molecule has 2 aromatic rings. The largest absolute Gasteiger partial charge is 0.469 e. The average molecular weight is 271 g/mol. The Bertz CT molecular complexity index is 523. The molecule has 0 aliphatic carbocycles. The van der Waals surface area contributed by atoms with E-state index in [0.29, 0.717) is 5.92 Å². The summed E-state index contributed by atoms with van der Waals surface area (Å²) in [6.07, 6.45) is 2.68. The summed E-state index contributed by atoms with van der Waals surface area (Å²) in [5, 5.41) is 3.62. The van der Waals surface area contributed by atoms with Gasteiger partial charge in [0.15, 0.2) is 0 Å². The number of hydrogen-bond acceptors (Lipinski definition) is 2. The van der Waals surface area contributed by atoms with Crippen molar-refractivity contribution >= 4 is 0 Å². The van der Waals surface area contributed by atoms with E-state index in [2.05, 4.69) is 63.3 Å². The van der Waals surface area contributed by atoms with Gasteiger partial charge in [0.05, 0.1) is 6.26 Å². The number of furan rings is 1. The maximum Gasteiger partial charge on any atom is 0.104 e. The normalized spacial score (nSPS) is 13.4. The van der Waals surface area contributed by atoms with Crippen molar-refractivity contribution in [2.24, 2.45) is 0 Å². The molecule has 108 valence electrons. The van der Waals surface area contributed by atoms with E-state index in [-0.39, 0.29) is 5.54 Å². The topological polar surface area (TPSA) is 25.2 Å². The van der Waals surface area contributed by atoms with Crippen molar-refractivity contribution in [2.75, 3.05) is 6.54 Å². The van der Waals surface area contributed by atoms with Crippen molar-refractivity contribution < 1.29 is 4.42 Å². The second kappa shape index (κ2) is 6.27. The number of rotatable bonds is 5. The highest BCUT2D eigenvalue weighted by atomic mass is 16.3. The minimum atomic E-state index is 0.129. The third-order valence-electron chi connectivity index (χ3n) is 3.53. The van der Waals surface area contributed by atoms with Crippen LogP contribution in [0, 0.1) is 6.92 Å². The number of benzene rings is 1. The van der Waals surface area contributed by atoms with Crippen LogP contribution in [0.3, 0.4) is 0 Å². The molecule has 0 amide bonds. The highest BCUT2D eigenvalue weighted by Crippen LogP contribution is 2.24. The van der Waals surface area contributed by atoms with E-state index in [4.69, 9.17) is 4.42 Å². The Morgan fingerprint density at radius 1 is 1.10 bits per heavy atom. The molecule has 1 aromatic carbocycles. The summed E-state index contributed by atoms with van der Waals surface area (Å²) in [4.78, 5) is 0. The van der Waals surface area contributed by atoms with Gasteiger partial charge < -0.3 is 9.73 Å². The monoisotopic (exact) mass is 271 g/mol. The highest BCUT2D eigenvalue weighted by molar-refractivity contribution is 5.30. The highest BCUT2D eigenvalue weighted by Gasteiger charge is 2.18. The Labute approximate surface area is 122 Å². The van der Waals surface area contributed by atoms with Crippen LogP contribution in [-0.4, -0.2) is 12.1 Å². The van der Waals surface area contributed by atoms with Crippen molar-refractivity contribution in [3.8, 4) is 0 Å². The van der Waals surface area contributed by atoms with Gasteiger partial charge in [0.1, 0.15) is 5.76 Å². The molecule has 0 saturated carbocycles. The second-order valence-electron chi connectivity index (χ2n) is 6.47. The molecule has 20 heavy (non-hydrogen) atoms. The van der Waals surface area contributed by atoms with Crippen molar-refractivity contribution in [3.05, 3.63) is 59.5 Å². The van der Waals surface area contributed by atoms with E-state index >= 15 is 0 Å². The van der Waals surface area contributed by atoms with Crippen LogP contribution in [0.15, 0.2) is 47.1 Å². The molecule has 0 aliphatic heterocycles. The molecule has 0 bridgehead atoms. The minimum Gasteiger partial charge on any atom is -0.469 e. The lowest BCUT2D eigenvalue weighted by atomic mass is 9.90. The van der Waals surface area contributed by atoms with Crippen molar-refractivity contribution in [2.45, 2.75) is 45.6 Å². The number of nitrogens with one attached hydrogen (secondary N) is 1. The van der Waals surface area contributed by atoms with Gasteiger partial charge in [-0.25, -0.2) is 0 Å². The maximum atomic E-state index is 5.53. The molecule has 0 saturated heterocycles. The first kappa shape index (κ1) is 14.9. The predicted octanol–water partition coefficient (Wildman–Crippen LogP) is 4.30. The molecule has 0 aliphatic rings. The first-order chi connectivity index (χ1) is 9.46. The fourth-order valence-corrected chi connectivity index (χ4v) is 2.44. The maximum absolute atomic E-state index is 5.53. The van der Waals surface area contributed by atoms with Gasteiger partial charge in [-0.2, -0.15) is 0 Å². The fourth-order valence-electron chi connectivity index (χ4n) is 2.44. The summed E-state index contributed by atoms with van der Waals surface area (Å²) in [6, 6.07) is 12.6. The fraction of sp³-hybridized carbons (Fsp3) is 0.444. The Balaban J connectivity index is 2.17. The Hall–Kier alpha value is -1.54. The molecule has 1 unspecified atom stereocenters. The number of aryl methyl sites for hydroxylation is 1. The van der Waals surface area contributed by atoms with Crippen molar-refractivity contribution in [1.29, 1.82) is 0 Å². The number of hydrogen-bond donors (Lipinski definition) is 1. The summed E-state index contributed by atoms with van der Waals surface area (Å²) in [5.74, 6) is 1.48. The van der Waals surface area contributed by atoms with E-state index < -0.39 is 0 Å². The van der Waals surface area contributed by atoms with Crippen LogP contribution in [0.2, 0.25) is 0 Å². The average Bonchev–Trinajstić information content (AvgIpc) is 2.87. The van der Waals surface area contributed by atoms with E-state index in [1.807, 2.05) is 6.07 Å². The molecule has 1 aromatic heterocycles. The van der Waals surface area contributed by atoms with Gasteiger partial charge in [-0.1, -0.05) is 24.3 Å². The van der Waals surface area contributed by atoms with Crippen LogP contribution in [0.25, 0.3) is 0 Å². The molecule has 2 heteroatoms. The Morgan fingerprint density at radius 3 is 2.45 bits per heavy atom. The zero-order valence-corrected chi connectivity index (χ0v) is 12.9. The van der Waals surface area contributed by atoms with E-state index in [1.54, 1.807) is 6.26 Å². The first-order valence-corrected chi connectivity index (χ1v) is 7.28. The van der Waals surface area contributed by atoms with Gasteiger partial charge in [-0.3, -0.25) is 0 Å². The summed E-state index contributed by atoms with van der Waals surface area (Å²) < 4.78 is 5.53. The van der Waals surface area contributed by atoms with Crippen LogP contribution in [0.5, 0.6) is 0 Å². The Morgan fingerprint density at radius 2 is 1.85 bits per heavy atom. The quantitative estimate of drug-likeness (QED) is 0.877. The summed E-state index contributed by atoms with van der Waals surface area (Å²) in [5.41, 5.74) is 2.88. The molecule has 0 fully saturated rings. The molecule has 2 nitrogen and oxygen atoms in total. The molecule has 1 heterocycles. The molecular formula is C18H25NO. The predicted molar refractivity (Wildman–Crippen MR) is 84.1 cm³/mol. The van der Waals surface area contributed by atoms with Gasteiger partial charge >= 0.3 is 0 Å². The molecule has 1 atom stereocenters. The minimum absolute atomic E-state index is 0.129. The zero-order chi connectivity index (χ0) is 14.6. The summed E-state index contributed by atoms with van der Waals surface area (Å²) >= 11 is 0. The van der Waals surface area contributed by atoms with Gasteiger partial charge in [0, 0.05) is 24.4 Å². The molecule has 0 radical (unpaired) electrons. The standard InChI is InChI=1S/C18H25NO/c1-14-8-5-6-10-17(14)15(13-19-18(2,3)4)12-16-9-7-11-20-16/h5-11,15,19H,12-13H2,1-4H3. The third-order valence-corrected chi connectivity index (χ3v) is 3.53. The van der Waals surface area contributed by atoms with Crippen molar-refractivity contribution in [1.82, 2.24) is 5.32 Å². The lowest BCUT2D eigenvalue weighted by Crippen LogP contribution is -2.39. The van der Waals surface area contributed by atoms with E-state index in [0.717, 1.165) is 18.7 Å². The molecule has 0 spiro atoms. The Kier molecular flexibility index (Phi) is 4.66. The first-order valence-electron chi connectivity index (χ1n) is 7.28.